The van der Waals surface area contributed by atoms with E-state index < -0.39 is 0 Å². The topological polar surface area (TPSA) is 40.5 Å². The third-order valence-corrected chi connectivity index (χ3v) is 2.66. The Morgan fingerprint density at radius 2 is 1.53 bits per heavy atom. The van der Waals surface area contributed by atoms with E-state index in [0.717, 1.165) is 10.0 Å². The Hall–Kier alpha value is -1.48. The number of rotatable bonds is 1. The molecule has 0 radical (unpaired) electrons. The molecule has 0 aromatic heterocycles. The van der Waals surface area contributed by atoms with Gasteiger partial charge in [-0.3, -0.25) is 0 Å². The van der Waals surface area contributed by atoms with E-state index in [9.17, 15) is 10.2 Å². The van der Waals surface area contributed by atoms with Crippen LogP contribution in [0.2, 0.25) is 0 Å². The van der Waals surface area contributed by atoms with Gasteiger partial charge in [0.05, 0.1) is 0 Å². The Labute approximate surface area is 95.9 Å². The Bertz CT molecular complexity index is 477. The van der Waals surface area contributed by atoms with E-state index in [-0.39, 0.29) is 11.5 Å². The fourth-order valence-electron chi connectivity index (χ4n) is 1.38. The van der Waals surface area contributed by atoms with E-state index in [2.05, 4.69) is 15.9 Å². The lowest BCUT2D eigenvalue weighted by atomic mass is 10.0. The summed E-state index contributed by atoms with van der Waals surface area (Å²) >= 11 is 3.34. The van der Waals surface area contributed by atoms with E-state index in [1.807, 2.05) is 24.3 Å². The Morgan fingerprint density at radius 3 is 2.20 bits per heavy atom. The van der Waals surface area contributed by atoms with Gasteiger partial charge in [0.1, 0.15) is 11.5 Å². The van der Waals surface area contributed by atoms with Crippen LogP contribution < -0.4 is 0 Å². The molecular formula is C12H9BrO2. The molecule has 0 heterocycles. The molecule has 0 fully saturated rings. The van der Waals surface area contributed by atoms with Crippen LogP contribution in [0.15, 0.2) is 46.9 Å². The number of benzene rings is 2. The highest BCUT2D eigenvalue weighted by molar-refractivity contribution is 9.10. The van der Waals surface area contributed by atoms with Crippen molar-refractivity contribution in [3.63, 3.8) is 0 Å². The standard InChI is InChI=1S/C12H9BrO2/c13-9-3-1-8(2-4-9)11-7-10(14)5-6-12(11)15/h1-7,14-15H. The molecule has 2 N–H and O–H groups in total. The van der Waals surface area contributed by atoms with Gasteiger partial charge in [0.25, 0.3) is 0 Å². The summed E-state index contributed by atoms with van der Waals surface area (Å²) in [7, 11) is 0. The van der Waals surface area contributed by atoms with Crippen LogP contribution >= 0.6 is 15.9 Å². The molecule has 0 unspecified atom stereocenters. The molecule has 0 aliphatic carbocycles. The largest absolute Gasteiger partial charge is 0.508 e. The van der Waals surface area contributed by atoms with Crippen LogP contribution in [0.1, 0.15) is 0 Å². The second kappa shape index (κ2) is 3.95. The first kappa shape index (κ1) is 10.1. The van der Waals surface area contributed by atoms with Gasteiger partial charge < -0.3 is 10.2 Å². The highest BCUT2D eigenvalue weighted by atomic mass is 79.9. The van der Waals surface area contributed by atoms with Crippen LogP contribution in [-0.2, 0) is 0 Å². The first-order chi connectivity index (χ1) is 7.16. The lowest BCUT2D eigenvalue weighted by Gasteiger charge is -2.05. The van der Waals surface area contributed by atoms with Gasteiger partial charge in [0.15, 0.2) is 0 Å². The Balaban J connectivity index is 2.53. The van der Waals surface area contributed by atoms with E-state index in [1.165, 1.54) is 12.1 Å². The lowest BCUT2D eigenvalue weighted by Crippen LogP contribution is -1.78. The van der Waals surface area contributed by atoms with E-state index in [0.29, 0.717) is 5.56 Å². The molecule has 0 atom stereocenters. The minimum Gasteiger partial charge on any atom is -0.508 e. The fourth-order valence-corrected chi connectivity index (χ4v) is 1.65. The molecule has 0 aliphatic heterocycles. The van der Waals surface area contributed by atoms with E-state index in [4.69, 9.17) is 0 Å². The summed E-state index contributed by atoms with van der Waals surface area (Å²) in [6, 6.07) is 12.0. The Morgan fingerprint density at radius 1 is 0.867 bits per heavy atom. The number of hydrogen-bond donors (Lipinski definition) is 2. The third-order valence-electron chi connectivity index (χ3n) is 2.14. The molecule has 0 bridgehead atoms. The van der Waals surface area contributed by atoms with Crippen LogP contribution in [0, 0.1) is 0 Å². The molecule has 0 aliphatic rings. The van der Waals surface area contributed by atoms with Crippen molar-refractivity contribution in [2.45, 2.75) is 0 Å². The number of aromatic hydroxyl groups is 2. The molecule has 0 saturated carbocycles. The van der Waals surface area contributed by atoms with Crippen molar-refractivity contribution >= 4 is 15.9 Å². The number of phenols is 2. The zero-order valence-electron chi connectivity index (χ0n) is 7.81. The number of phenolic OH excluding ortho intramolecular Hbond substituents is 2. The predicted molar refractivity (Wildman–Crippen MR) is 62.9 cm³/mol. The monoisotopic (exact) mass is 264 g/mol. The van der Waals surface area contributed by atoms with E-state index in [1.54, 1.807) is 6.07 Å². The maximum Gasteiger partial charge on any atom is 0.123 e. The smallest absolute Gasteiger partial charge is 0.123 e. The summed E-state index contributed by atoms with van der Waals surface area (Å²) in [5, 5.41) is 19.0. The van der Waals surface area contributed by atoms with Gasteiger partial charge in [-0.1, -0.05) is 28.1 Å². The third kappa shape index (κ3) is 2.13. The van der Waals surface area contributed by atoms with Crippen LogP contribution in [0.3, 0.4) is 0 Å². The Kier molecular flexibility index (Phi) is 2.64. The molecule has 0 amide bonds. The van der Waals surface area contributed by atoms with Crippen LogP contribution in [0.25, 0.3) is 11.1 Å². The van der Waals surface area contributed by atoms with Gasteiger partial charge in [-0.2, -0.15) is 0 Å². The van der Waals surface area contributed by atoms with Gasteiger partial charge in [0, 0.05) is 10.0 Å². The van der Waals surface area contributed by atoms with Crippen LogP contribution in [0.4, 0.5) is 0 Å². The van der Waals surface area contributed by atoms with Gasteiger partial charge in [-0.05, 0) is 35.9 Å². The minimum atomic E-state index is 0.144. The average molecular weight is 265 g/mol. The summed E-state index contributed by atoms with van der Waals surface area (Å²) in [4.78, 5) is 0. The molecule has 2 aromatic carbocycles. The van der Waals surface area contributed by atoms with Gasteiger partial charge in [-0.15, -0.1) is 0 Å². The minimum absolute atomic E-state index is 0.144. The SMILES string of the molecule is Oc1ccc(O)c(-c2ccc(Br)cc2)c1. The number of hydrogen-bond acceptors (Lipinski definition) is 2. The van der Waals surface area contributed by atoms with Gasteiger partial charge >= 0.3 is 0 Å². The highest BCUT2D eigenvalue weighted by Gasteiger charge is 2.04. The summed E-state index contributed by atoms with van der Waals surface area (Å²) in [6.07, 6.45) is 0. The average Bonchev–Trinajstić information content (AvgIpc) is 2.23. The molecule has 15 heavy (non-hydrogen) atoms. The zero-order valence-corrected chi connectivity index (χ0v) is 9.40. The summed E-state index contributed by atoms with van der Waals surface area (Å²) < 4.78 is 0.978. The second-order valence-electron chi connectivity index (χ2n) is 3.21. The fraction of sp³-hybridized carbons (Fsp3) is 0. The maximum atomic E-state index is 9.63. The lowest BCUT2D eigenvalue weighted by molar-refractivity contribution is 0.462. The normalized spacial score (nSPS) is 10.2. The molecule has 3 heteroatoms. The van der Waals surface area contributed by atoms with Gasteiger partial charge in [-0.25, -0.2) is 0 Å². The van der Waals surface area contributed by atoms with Crippen molar-refractivity contribution in [2.24, 2.45) is 0 Å². The molecule has 0 saturated heterocycles. The highest BCUT2D eigenvalue weighted by Crippen LogP contribution is 2.32. The summed E-state index contributed by atoms with van der Waals surface area (Å²) in [6.45, 7) is 0. The molecule has 0 spiro atoms. The maximum absolute atomic E-state index is 9.63. The van der Waals surface area contributed by atoms with Crippen LogP contribution in [0.5, 0.6) is 11.5 Å². The first-order valence-corrected chi connectivity index (χ1v) is 5.24. The zero-order chi connectivity index (χ0) is 10.8. The van der Waals surface area contributed by atoms with E-state index >= 15 is 0 Å². The number of halogens is 1. The van der Waals surface area contributed by atoms with Crippen molar-refractivity contribution < 1.29 is 10.2 Å². The van der Waals surface area contributed by atoms with Crippen molar-refractivity contribution in [3.05, 3.63) is 46.9 Å². The molecule has 2 rings (SSSR count). The second-order valence-corrected chi connectivity index (χ2v) is 4.12. The first-order valence-electron chi connectivity index (χ1n) is 4.45. The van der Waals surface area contributed by atoms with Crippen molar-refractivity contribution in [1.29, 1.82) is 0 Å². The van der Waals surface area contributed by atoms with Crippen molar-refractivity contribution in [2.75, 3.05) is 0 Å². The molecule has 2 aromatic rings. The van der Waals surface area contributed by atoms with Gasteiger partial charge in [0.2, 0.25) is 0 Å². The molecule has 76 valence electrons. The summed E-state index contributed by atoms with van der Waals surface area (Å²) in [5.41, 5.74) is 1.49. The van der Waals surface area contributed by atoms with Crippen molar-refractivity contribution in [3.8, 4) is 22.6 Å². The summed E-state index contributed by atoms with van der Waals surface area (Å²) in [5.74, 6) is 0.306. The molecular weight excluding hydrogens is 256 g/mol. The molecule has 2 nitrogen and oxygen atoms in total. The van der Waals surface area contributed by atoms with Crippen molar-refractivity contribution in [1.82, 2.24) is 0 Å². The predicted octanol–water partition coefficient (Wildman–Crippen LogP) is 3.53. The van der Waals surface area contributed by atoms with Crippen LogP contribution in [-0.4, -0.2) is 10.2 Å². The quantitative estimate of drug-likeness (QED) is 0.774.